The molecule has 1 N–H and O–H groups in total. The van der Waals surface area contributed by atoms with Crippen LogP contribution in [0.4, 0.5) is 0 Å². The van der Waals surface area contributed by atoms with Crippen LogP contribution in [0.15, 0.2) is 36.9 Å². The third-order valence-corrected chi connectivity index (χ3v) is 2.22. The van der Waals surface area contributed by atoms with Crippen molar-refractivity contribution in [2.45, 2.75) is 6.10 Å². The number of ether oxygens (including phenoxy) is 2. The number of rotatable bonds is 3. The number of hydrogen-bond acceptors (Lipinski definition) is 3. The van der Waals surface area contributed by atoms with Crippen LogP contribution in [-0.4, -0.2) is 25.2 Å². The van der Waals surface area contributed by atoms with E-state index in [0.717, 1.165) is 0 Å². The standard InChI is InChI=1S/C12H13NO3/c1-2-7-13-12(14)11-8-15-9-5-3-4-6-10(9)16-11/h2-6,11H,1,7-8H2,(H,13,14)/t11-/m0/s1. The molecule has 4 heteroatoms. The van der Waals surface area contributed by atoms with Gasteiger partial charge in [0.2, 0.25) is 6.10 Å². The average molecular weight is 219 g/mol. The van der Waals surface area contributed by atoms with Gasteiger partial charge in [0.15, 0.2) is 11.5 Å². The summed E-state index contributed by atoms with van der Waals surface area (Å²) in [6.45, 7) is 4.19. The maximum atomic E-state index is 11.6. The van der Waals surface area contributed by atoms with Crippen molar-refractivity contribution in [3.8, 4) is 11.5 Å². The summed E-state index contributed by atoms with van der Waals surface area (Å²) >= 11 is 0. The van der Waals surface area contributed by atoms with E-state index in [4.69, 9.17) is 9.47 Å². The van der Waals surface area contributed by atoms with Gasteiger partial charge >= 0.3 is 0 Å². The fourth-order valence-electron chi connectivity index (χ4n) is 1.44. The van der Waals surface area contributed by atoms with Crippen LogP contribution >= 0.6 is 0 Å². The number of hydrogen-bond donors (Lipinski definition) is 1. The molecule has 0 bridgehead atoms. The van der Waals surface area contributed by atoms with Crippen molar-refractivity contribution in [3.63, 3.8) is 0 Å². The minimum Gasteiger partial charge on any atom is -0.485 e. The molecule has 84 valence electrons. The molecule has 0 saturated heterocycles. The number of benzene rings is 1. The zero-order valence-corrected chi connectivity index (χ0v) is 8.81. The van der Waals surface area contributed by atoms with Crippen LogP contribution in [0.2, 0.25) is 0 Å². The molecule has 0 radical (unpaired) electrons. The van der Waals surface area contributed by atoms with E-state index in [1.807, 2.05) is 18.2 Å². The van der Waals surface area contributed by atoms with Crippen LogP contribution < -0.4 is 14.8 Å². The van der Waals surface area contributed by atoms with Crippen molar-refractivity contribution in [1.82, 2.24) is 5.32 Å². The Morgan fingerprint density at radius 3 is 3.00 bits per heavy atom. The molecule has 1 aliphatic rings. The van der Waals surface area contributed by atoms with Crippen molar-refractivity contribution in [1.29, 1.82) is 0 Å². The third-order valence-electron chi connectivity index (χ3n) is 2.22. The second-order valence-electron chi connectivity index (χ2n) is 3.40. The minimum atomic E-state index is -0.588. The summed E-state index contributed by atoms with van der Waals surface area (Å²) in [6, 6.07) is 7.29. The van der Waals surface area contributed by atoms with Crippen LogP contribution in [0.5, 0.6) is 11.5 Å². The summed E-state index contributed by atoms with van der Waals surface area (Å²) < 4.78 is 10.9. The second-order valence-corrected chi connectivity index (χ2v) is 3.40. The summed E-state index contributed by atoms with van der Waals surface area (Å²) in [5, 5.41) is 2.67. The highest BCUT2D eigenvalue weighted by Gasteiger charge is 2.26. The molecular weight excluding hydrogens is 206 g/mol. The topological polar surface area (TPSA) is 47.6 Å². The SMILES string of the molecule is C=CCNC(=O)[C@@H]1COc2ccccc2O1. The van der Waals surface area contributed by atoms with E-state index in [9.17, 15) is 4.79 Å². The Labute approximate surface area is 93.9 Å². The van der Waals surface area contributed by atoms with Crippen LogP contribution in [0.3, 0.4) is 0 Å². The van der Waals surface area contributed by atoms with E-state index in [0.29, 0.717) is 18.0 Å². The first kappa shape index (κ1) is 10.5. The highest BCUT2D eigenvalue weighted by atomic mass is 16.6. The van der Waals surface area contributed by atoms with Crippen LogP contribution in [0.25, 0.3) is 0 Å². The van der Waals surface area contributed by atoms with Crippen LogP contribution in [0.1, 0.15) is 0 Å². The van der Waals surface area contributed by atoms with E-state index < -0.39 is 6.10 Å². The molecule has 0 aromatic heterocycles. The fraction of sp³-hybridized carbons (Fsp3) is 0.250. The van der Waals surface area contributed by atoms with Gasteiger partial charge in [0, 0.05) is 6.54 Å². The molecule has 1 aromatic carbocycles. The molecule has 2 rings (SSSR count). The number of para-hydroxylation sites is 2. The van der Waals surface area contributed by atoms with E-state index >= 15 is 0 Å². The summed E-state index contributed by atoms with van der Waals surface area (Å²) in [6.07, 6.45) is 1.03. The molecule has 0 spiro atoms. The number of carbonyl (C=O) groups is 1. The maximum Gasteiger partial charge on any atom is 0.264 e. The maximum absolute atomic E-state index is 11.6. The smallest absolute Gasteiger partial charge is 0.264 e. The van der Waals surface area contributed by atoms with E-state index in [2.05, 4.69) is 11.9 Å². The molecule has 0 unspecified atom stereocenters. The molecule has 0 aliphatic carbocycles. The molecule has 1 aromatic rings. The number of nitrogens with one attached hydrogen (secondary N) is 1. The van der Waals surface area contributed by atoms with Crippen molar-refractivity contribution in [2.24, 2.45) is 0 Å². The van der Waals surface area contributed by atoms with Gasteiger partial charge in [0.05, 0.1) is 0 Å². The Kier molecular flexibility index (Phi) is 3.10. The first-order valence-corrected chi connectivity index (χ1v) is 5.08. The van der Waals surface area contributed by atoms with E-state index in [-0.39, 0.29) is 12.5 Å². The molecule has 1 heterocycles. The molecule has 0 saturated carbocycles. The quantitative estimate of drug-likeness (QED) is 0.775. The lowest BCUT2D eigenvalue weighted by atomic mass is 10.2. The minimum absolute atomic E-state index is 0.186. The Morgan fingerprint density at radius 1 is 1.50 bits per heavy atom. The zero-order valence-electron chi connectivity index (χ0n) is 8.81. The molecular formula is C12H13NO3. The summed E-state index contributed by atoms with van der Waals surface area (Å²) in [7, 11) is 0. The van der Waals surface area contributed by atoms with Crippen molar-refractivity contribution >= 4 is 5.91 Å². The van der Waals surface area contributed by atoms with Crippen molar-refractivity contribution in [3.05, 3.63) is 36.9 Å². The van der Waals surface area contributed by atoms with Crippen LogP contribution in [0, 0.1) is 0 Å². The Balaban J connectivity index is 2.02. The molecule has 4 nitrogen and oxygen atoms in total. The average Bonchev–Trinajstić information content (AvgIpc) is 2.35. The van der Waals surface area contributed by atoms with Gasteiger partial charge in [0.25, 0.3) is 5.91 Å². The zero-order chi connectivity index (χ0) is 11.4. The van der Waals surface area contributed by atoms with Gasteiger partial charge < -0.3 is 14.8 Å². The highest BCUT2D eigenvalue weighted by Crippen LogP contribution is 2.30. The largest absolute Gasteiger partial charge is 0.485 e. The van der Waals surface area contributed by atoms with Gasteiger partial charge in [-0.05, 0) is 12.1 Å². The number of fused-ring (bicyclic) bond motifs is 1. The third kappa shape index (κ3) is 2.16. The Morgan fingerprint density at radius 2 is 2.25 bits per heavy atom. The van der Waals surface area contributed by atoms with Crippen LogP contribution in [-0.2, 0) is 4.79 Å². The first-order chi connectivity index (χ1) is 7.81. The van der Waals surface area contributed by atoms with Crippen molar-refractivity contribution in [2.75, 3.05) is 13.2 Å². The second kappa shape index (κ2) is 4.70. The van der Waals surface area contributed by atoms with E-state index in [1.54, 1.807) is 12.1 Å². The fourth-order valence-corrected chi connectivity index (χ4v) is 1.44. The molecule has 1 amide bonds. The van der Waals surface area contributed by atoms with Gasteiger partial charge in [-0.1, -0.05) is 18.2 Å². The molecule has 16 heavy (non-hydrogen) atoms. The molecule has 0 fully saturated rings. The lowest BCUT2D eigenvalue weighted by Gasteiger charge is -2.25. The first-order valence-electron chi connectivity index (χ1n) is 5.08. The monoisotopic (exact) mass is 219 g/mol. The lowest BCUT2D eigenvalue weighted by Crippen LogP contribution is -2.43. The van der Waals surface area contributed by atoms with E-state index in [1.165, 1.54) is 0 Å². The predicted molar refractivity (Wildman–Crippen MR) is 59.6 cm³/mol. The summed E-state index contributed by atoms with van der Waals surface area (Å²) in [4.78, 5) is 11.6. The number of carbonyl (C=O) groups excluding carboxylic acids is 1. The highest BCUT2D eigenvalue weighted by molar-refractivity contribution is 5.81. The Hall–Kier alpha value is -1.97. The summed E-state index contributed by atoms with van der Waals surface area (Å²) in [5.74, 6) is 1.09. The Bertz CT molecular complexity index is 403. The van der Waals surface area contributed by atoms with Gasteiger partial charge in [0.1, 0.15) is 6.61 Å². The normalized spacial score (nSPS) is 17.6. The van der Waals surface area contributed by atoms with Gasteiger partial charge in [-0.2, -0.15) is 0 Å². The van der Waals surface area contributed by atoms with Gasteiger partial charge in [-0.15, -0.1) is 6.58 Å². The predicted octanol–water partition coefficient (Wildman–Crippen LogP) is 1.13. The van der Waals surface area contributed by atoms with Crippen molar-refractivity contribution < 1.29 is 14.3 Å². The lowest BCUT2D eigenvalue weighted by molar-refractivity contribution is -0.130. The van der Waals surface area contributed by atoms with Gasteiger partial charge in [-0.25, -0.2) is 0 Å². The van der Waals surface area contributed by atoms with Gasteiger partial charge in [-0.3, -0.25) is 4.79 Å². The summed E-state index contributed by atoms with van der Waals surface area (Å²) in [5.41, 5.74) is 0. The molecule has 1 atom stereocenters. The molecule has 1 aliphatic heterocycles. The number of amides is 1.